The number of nitrogens with zero attached hydrogens (tertiary/aromatic N) is 3. The van der Waals surface area contributed by atoms with E-state index in [0.29, 0.717) is 12.0 Å². The van der Waals surface area contributed by atoms with Crippen LogP contribution in [0.2, 0.25) is 0 Å². The van der Waals surface area contributed by atoms with Crippen LogP contribution in [0.15, 0.2) is 12.1 Å². The molecule has 1 aromatic heterocycles. The van der Waals surface area contributed by atoms with Gasteiger partial charge in [0.2, 0.25) is 0 Å². The molecular formula is C12H18ClN3O. The van der Waals surface area contributed by atoms with Gasteiger partial charge >= 0.3 is 0 Å². The van der Waals surface area contributed by atoms with E-state index in [0.717, 1.165) is 44.0 Å². The molecule has 1 saturated heterocycles. The third kappa shape index (κ3) is 3.30. The Kier molecular flexibility index (Phi) is 4.57. The molecule has 1 aliphatic rings. The Labute approximate surface area is 107 Å². The van der Waals surface area contributed by atoms with E-state index in [1.165, 1.54) is 0 Å². The van der Waals surface area contributed by atoms with E-state index < -0.39 is 0 Å². The molecule has 1 fully saturated rings. The van der Waals surface area contributed by atoms with Crippen molar-refractivity contribution in [1.29, 1.82) is 0 Å². The highest BCUT2D eigenvalue weighted by atomic mass is 35.5. The lowest BCUT2D eigenvalue weighted by Crippen LogP contribution is -2.37. The van der Waals surface area contributed by atoms with E-state index in [2.05, 4.69) is 15.1 Å². The van der Waals surface area contributed by atoms with Crippen molar-refractivity contribution in [1.82, 2.24) is 10.2 Å². The van der Waals surface area contributed by atoms with Crippen molar-refractivity contribution in [3.05, 3.63) is 17.8 Å². The molecule has 0 radical (unpaired) electrons. The molecule has 0 N–H and O–H groups in total. The molecule has 0 amide bonds. The molecule has 0 atom stereocenters. The molecule has 5 heteroatoms. The molecule has 1 aliphatic heterocycles. The van der Waals surface area contributed by atoms with Gasteiger partial charge in [0.15, 0.2) is 5.82 Å². The zero-order valence-electron chi connectivity index (χ0n) is 10.1. The number of aromatic nitrogens is 2. The Morgan fingerprint density at radius 1 is 1.35 bits per heavy atom. The molecule has 0 aromatic carbocycles. The fourth-order valence-electron chi connectivity index (χ4n) is 2.08. The van der Waals surface area contributed by atoms with Crippen molar-refractivity contribution in [3.63, 3.8) is 0 Å². The van der Waals surface area contributed by atoms with Crippen molar-refractivity contribution < 1.29 is 4.74 Å². The van der Waals surface area contributed by atoms with Crippen LogP contribution in [0.4, 0.5) is 5.82 Å². The van der Waals surface area contributed by atoms with Gasteiger partial charge in [0.05, 0.1) is 17.7 Å². The molecule has 0 saturated carbocycles. The van der Waals surface area contributed by atoms with Crippen LogP contribution >= 0.6 is 11.6 Å². The first-order valence-electron chi connectivity index (χ1n) is 6.08. The number of anilines is 1. The van der Waals surface area contributed by atoms with Gasteiger partial charge in [0.25, 0.3) is 0 Å². The number of hydrogen-bond acceptors (Lipinski definition) is 4. The summed E-state index contributed by atoms with van der Waals surface area (Å²) in [6, 6.07) is 3.93. The van der Waals surface area contributed by atoms with Gasteiger partial charge in [-0.15, -0.1) is 16.7 Å². The van der Waals surface area contributed by atoms with Gasteiger partial charge < -0.3 is 9.64 Å². The van der Waals surface area contributed by atoms with Gasteiger partial charge in [-0.3, -0.25) is 0 Å². The Bertz CT molecular complexity index is 336. The van der Waals surface area contributed by atoms with Gasteiger partial charge in [-0.25, -0.2) is 0 Å². The topological polar surface area (TPSA) is 38.2 Å². The molecule has 0 spiro atoms. The van der Waals surface area contributed by atoms with Crippen LogP contribution in [0.1, 0.15) is 25.5 Å². The van der Waals surface area contributed by atoms with Gasteiger partial charge in [-0.05, 0) is 31.9 Å². The quantitative estimate of drug-likeness (QED) is 0.774. The summed E-state index contributed by atoms with van der Waals surface area (Å²) in [6.07, 6.45) is 2.53. The summed E-state index contributed by atoms with van der Waals surface area (Å²) in [5, 5.41) is 8.27. The Morgan fingerprint density at radius 3 is 2.65 bits per heavy atom. The molecule has 4 nitrogen and oxygen atoms in total. The monoisotopic (exact) mass is 255 g/mol. The van der Waals surface area contributed by atoms with Crippen LogP contribution in [0, 0.1) is 0 Å². The fraction of sp³-hybridized carbons (Fsp3) is 0.667. The maximum Gasteiger partial charge on any atom is 0.151 e. The van der Waals surface area contributed by atoms with Crippen LogP contribution in [-0.4, -0.2) is 36.0 Å². The Balaban J connectivity index is 1.91. The van der Waals surface area contributed by atoms with Crippen molar-refractivity contribution in [2.45, 2.75) is 31.7 Å². The maximum atomic E-state index is 5.69. The lowest BCUT2D eigenvalue weighted by molar-refractivity contribution is 0.0458. The highest BCUT2D eigenvalue weighted by Gasteiger charge is 2.20. The van der Waals surface area contributed by atoms with E-state index in [1.807, 2.05) is 19.1 Å². The summed E-state index contributed by atoms with van der Waals surface area (Å²) in [5.74, 6) is 1.36. The van der Waals surface area contributed by atoms with Crippen LogP contribution in [0.5, 0.6) is 0 Å². The van der Waals surface area contributed by atoms with E-state index in [1.54, 1.807) is 0 Å². The molecular weight excluding hydrogens is 238 g/mol. The highest BCUT2D eigenvalue weighted by Crippen LogP contribution is 2.19. The summed E-state index contributed by atoms with van der Waals surface area (Å²) in [6.45, 7) is 4.82. The van der Waals surface area contributed by atoms with Crippen molar-refractivity contribution in [2.75, 3.05) is 24.6 Å². The standard InChI is InChI=1S/C12H18ClN3O/c1-2-17-11-5-7-16(8-6-11)12-4-3-10(9-13)14-15-12/h3-4,11H,2,5-9H2,1H3. The molecule has 0 unspecified atom stereocenters. The predicted octanol–water partition coefficient (Wildman–Crippen LogP) is 2.22. The molecule has 1 aromatic rings. The average molecular weight is 256 g/mol. The van der Waals surface area contributed by atoms with Gasteiger partial charge in [0.1, 0.15) is 0 Å². The van der Waals surface area contributed by atoms with E-state index in [9.17, 15) is 0 Å². The number of rotatable bonds is 4. The number of halogens is 1. The number of piperidine rings is 1. The minimum atomic E-state index is 0.409. The van der Waals surface area contributed by atoms with Gasteiger partial charge in [-0.1, -0.05) is 0 Å². The number of hydrogen-bond donors (Lipinski definition) is 0. The predicted molar refractivity (Wildman–Crippen MR) is 68.5 cm³/mol. The first kappa shape index (κ1) is 12.6. The summed E-state index contributed by atoms with van der Waals surface area (Å²) in [7, 11) is 0. The normalized spacial score (nSPS) is 17.4. The fourth-order valence-corrected chi connectivity index (χ4v) is 2.22. The lowest BCUT2D eigenvalue weighted by Gasteiger charge is -2.32. The zero-order chi connectivity index (χ0) is 12.1. The van der Waals surface area contributed by atoms with E-state index in [-0.39, 0.29) is 0 Å². The molecule has 2 rings (SSSR count). The lowest BCUT2D eigenvalue weighted by atomic mass is 10.1. The zero-order valence-corrected chi connectivity index (χ0v) is 10.9. The number of alkyl halides is 1. The first-order chi connectivity index (χ1) is 8.33. The minimum absolute atomic E-state index is 0.409. The second-order valence-corrected chi connectivity index (χ2v) is 4.43. The van der Waals surface area contributed by atoms with E-state index >= 15 is 0 Å². The summed E-state index contributed by atoms with van der Waals surface area (Å²) < 4.78 is 5.62. The smallest absolute Gasteiger partial charge is 0.151 e. The molecule has 17 heavy (non-hydrogen) atoms. The minimum Gasteiger partial charge on any atom is -0.378 e. The van der Waals surface area contributed by atoms with E-state index in [4.69, 9.17) is 16.3 Å². The third-order valence-electron chi connectivity index (χ3n) is 3.01. The Morgan fingerprint density at radius 2 is 2.12 bits per heavy atom. The van der Waals surface area contributed by atoms with Gasteiger partial charge in [0, 0.05) is 19.7 Å². The molecule has 2 heterocycles. The average Bonchev–Trinajstić information content (AvgIpc) is 2.40. The summed E-state index contributed by atoms with van der Waals surface area (Å²) in [4.78, 5) is 2.25. The molecule has 0 aliphatic carbocycles. The van der Waals surface area contributed by atoms with Crippen molar-refractivity contribution in [3.8, 4) is 0 Å². The van der Waals surface area contributed by atoms with Crippen LogP contribution in [-0.2, 0) is 10.6 Å². The summed E-state index contributed by atoms with van der Waals surface area (Å²) >= 11 is 5.69. The van der Waals surface area contributed by atoms with Crippen molar-refractivity contribution in [2.24, 2.45) is 0 Å². The van der Waals surface area contributed by atoms with Crippen LogP contribution < -0.4 is 4.90 Å². The second-order valence-electron chi connectivity index (χ2n) is 4.16. The largest absolute Gasteiger partial charge is 0.378 e. The van der Waals surface area contributed by atoms with Gasteiger partial charge in [-0.2, -0.15) is 5.10 Å². The first-order valence-corrected chi connectivity index (χ1v) is 6.62. The highest BCUT2D eigenvalue weighted by molar-refractivity contribution is 6.16. The maximum absolute atomic E-state index is 5.69. The van der Waals surface area contributed by atoms with Crippen LogP contribution in [0.3, 0.4) is 0 Å². The third-order valence-corrected chi connectivity index (χ3v) is 3.28. The molecule has 94 valence electrons. The molecule has 0 bridgehead atoms. The second kappa shape index (κ2) is 6.17. The SMILES string of the molecule is CCOC1CCN(c2ccc(CCl)nn2)CC1. The van der Waals surface area contributed by atoms with Crippen LogP contribution in [0.25, 0.3) is 0 Å². The summed E-state index contributed by atoms with van der Waals surface area (Å²) in [5.41, 5.74) is 0.819. The Hall–Kier alpha value is -0.870. The number of ether oxygens (including phenoxy) is 1. The van der Waals surface area contributed by atoms with Crippen molar-refractivity contribution >= 4 is 17.4 Å².